The molecule has 1 unspecified atom stereocenters. The first-order valence-electron chi connectivity index (χ1n) is 11.5. The van der Waals surface area contributed by atoms with Gasteiger partial charge < -0.3 is 4.90 Å². The molecule has 1 aliphatic carbocycles. The van der Waals surface area contributed by atoms with E-state index in [4.69, 9.17) is 0 Å². The monoisotopic (exact) mass is 508 g/mol. The molecule has 5 rings (SSSR count). The fourth-order valence-corrected chi connectivity index (χ4v) is 6.26. The number of fused-ring (bicyclic) bond motifs is 1. The molecule has 2 aromatic rings. The van der Waals surface area contributed by atoms with Gasteiger partial charge in [0.25, 0.3) is 5.92 Å². The minimum atomic E-state index is -3.97. The molecular weight excluding hydrogens is 481 g/mol. The van der Waals surface area contributed by atoms with Gasteiger partial charge in [0.05, 0.1) is 11.4 Å². The minimum absolute atomic E-state index is 0.0332. The van der Waals surface area contributed by atoms with Gasteiger partial charge in [0.2, 0.25) is 5.91 Å². The van der Waals surface area contributed by atoms with Crippen molar-refractivity contribution in [2.24, 2.45) is 5.92 Å². The number of hydrogen-bond acceptors (Lipinski definition) is 4. The Morgan fingerprint density at radius 2 is 1.77 bits per heavy atom. The highest BCUT2D eigenvalue weighted by atomic mass is 32.2. The van der Waals surface area contributed by atoms with Crippen LogP contribution in [0.25, 0.3) is 11.1 Å². The van der Waals surface area contributed by atoms with Crippen molar-refractivity contribution in [3.05, 3.63) is 47.8 Å². The third kappa shape index (κ3) is 4.24. The van der Waals surface area contributed by atoms with Crippen LogP contribution in [0.15, 0.2) is 36.4 Å². The molecule has 0 bridgehead atoms. The van der Waals surface area contributed by atoms with Crippen LogP contribution in [0.1, 0.15) is 18.9 Å². The SMILES string of the molecule is CC(=O)N1CCN(Cc2cccc(-c3ccc4c(c3)N(C)S(=O)(=O)N4CC3CC3(F)F)c2F)CC1. The van der Waals surface area contributed by atoms with Crippen LogP contribution in [0.3, 0.4) is 0 Å². The lowest BCUT2D eigenvalue weighted by molar-refractivity contribution is -0.130. The topological polar surface area (TPSA) is 64.2 Å². The van der Waals surface area contributed by atoms with E-state index in [1.54, 1.807) is 48.2 Å². The number of nitrogens with zero attached hydrogens (tertiary/aromatic N) is 4. The zero-order chi connectivity index (χ0) is 25.1. The summed E-state index contributed by atoms with van der Waals surface area (Å²) in [6.45, 7) is 4.16. The van der Waals surface area contributed by atoms with E-state index in [1.807, 2.05) is 0 Å². The van der Waals surface area contributed by atoms with Crippen molar-refractivity contribution in [3.63, 3.8) is 0 Å². The Bertz CT molecular complexity index is 1280. The fourth-order valence-electron chi connectivity index (χ4n) is 4.80. The van der Waals surface area contributed by atoms with Crippen LogP contribution in [0.5, 0.6) is 0 Å². The maximum absolute atomic E-state index is 15.5. The lowest BCUT2D eigenvalue weighted by Crippen LogP contribution is -2.47. The third-order valence-electron chi connectivity index (χ3n) is 7.15. The van der Waals surface area contributed by atoms with Crippen LogP contribution in [0.4, 0.5) is 24.5 Å². The van der Waals surface area contributed by atoms with Gasteiger partial charge in [0.15, 0.2) is 0 Å². The first-order valence-corrected chi connectivity index (χ1v) is 12.9. The van der Waals surface area contributed by atoms with E-state index in [9.17, 15) is 22.0 Å². The average molecular weight is 509 g/mol. The van der Waals surface area contributed by atoms with Crippen molar-refractivity contribution < 1.29 is 26.4 Å². The summed E-state index contributed by atoms with van der Waals surface area (Å²) in [4.78, 5) is 15.4. The number of halogens is 3. The zero-order valence-corrected chi connectivity index (χ0v) is 20.4. The standard InChI is InChI=1S/C24H27F3N4O3S/c1-16(32)30-10-8-29(9-11-30)14-18-4-3-5-20(23(18)25)17-6-7-21-22(12-17)28(2)35(33,34)31(21)15-19-13-24(19,26)27/h3-7,12,19H,8-11,13-15H2,1-2H3. The number of benzene rings is 2. The van der Waals surface area contributed by atoms with Gasteiger partial charge in [-0.15, -0.1) is 0 Å². The Morgan fingerprint density at radius 3 is 2.40 bits per heavy atom. The Morgan fingerprint density at radius 1 is 1.09 bits per heavy atom. The number of hydrogen-bond donors (Lipinski definition) is 0. The second-order valence-electron chi connectivity index (χ2n) is 9.43. The molecule has 188 valence electrons. The summed E-state index contributed by atoms with van der Waals surface area (Å²) in [6.07, 6.45) is -0.321. The molecule has 1 amide bonds. The van der Waals surface area contributed by atoms with Crippen molar-refractivity contribution in [2.45, 2.75) is 25.8 Å². The first-order chi connectivity index (χ1) is 16.5. The molecule has 7 nitrogen and oxygen atoms in total. The van der Waals surface area contributed by atoms with E-state index >= 15 is 4.39 Å². The van der Waals surface area contributed by atoms with Gasteiger partial charge in [0, 0.05) is 76.7 Å². The van der Waals surface area contributed by atoms with Crippen LogP contribution in [-0.4, -0.2) is 69.8 Å². The van der Waals surface area contributed by atoms with E-state index in [-0.39, 0.29) is 24.7 Å². The molecule has 2 aliphatic heterocycles. The number of anilines is 2. The zero-order valence-electron chi connectivity index (χ0n) is 19.5. The minimum Gasteiger partial charge on any atom is -0.340 e. The van der Waals surface area contributed by atoms with Crippen molar-refractivity contribution in [2.75, 3.05) is 48.4 Å². The van der Waals surface area contributed by atoms with E-state index in [1.165, 1.54) is 7.05 Å². The van der Waals surface area contributed by atoms with Gasteiger partial charge in [-0.2, -0.15) is 8.42 Å². The average Bonchev–Trinajstić information content (AvgIpc) is 3.38. The number of carbonyl (C=O) groups is 1. The summed E-state index contributed by atoms with van der Waals surface area (Å²) in [6, 6.07) is 9.89. The second-order valence-corrected chi connectivity index (χ2v) is 11.3. The van der Waals surface area contributed by atoms with E-state index in [0.29, 0.717) is 60.8 Å². The molecule has 0 radical (unpaired) electrons. The summed E-state index contributed by atoms with van der Waals surface area (Å²) >= 11 is 0. The van der Waals surface area contributed by atoms with Gasteiger partial charge in [-0.05, 0) is 17.7 Å². The normalized spacial score (nSPS) is 22.9. The van der Waals surface area contributed by atoms with Crippen LogP contribution in [0, 0.1) is 11.7 Å². The van der Waals surface area contributed by atoms with Crippen LogP contribution >= 0.6 is 0 Å². The molecule has 3 aliphatic rings. The summed E-state index contributed by atoms with van der Waals surface area (Å²) in [5, 5.41) is 0. The Balaban J connectivity index is 1.39. The Hall–Kier alpha value is -2.79. The molecule has 1 atom stereocenters. The molecule has 2 heterocycles. The van der Waals surface area contributed by atoms with Gasteiger partial charge in [-0.25, -0.2) is 13.2 Å². The quantitative estimate of drug-likeness (QED) is 0.622. The van der Waals surface area contributed by atoms with Crippen molar-refractivity contribution in [3.8, 4) is 11.1 Å². The van der Waals surface area contributed by atoms with Crippen LogP contribution < -0.4 is 8.61 Å². The fraction of sp³-hybridized carbons (Fsp3) is 0.458. The van der Waals surface area contributed by atoms with Crippen LogP contribution in [-0.2, 0) is 21.5 Å². The highest BCUT2D eigenvalue weighted by molar-refractivity contribution is 7.94. The van der Waals surface area contributed by atoms with Crippen molar-refractivity contribution in [1.29, 1.82) is 0 Å². The lowest BCUT2D eigenvalue weighted by atomic mass is 10.0. The lowest BCUT2D eigenvalue weighted by Gasteiger charge is -2.34. The van der Waals surface area contributed by atoms with Gasteiger partial charge in [0.1, 0.15) is 5.82 Å². The van der Waals surface area contributed by atoms with E-state index < -0.39 is 22.0 Å². The maximum atomic E-state index is 15.5. The number of rotatable bonds is 5. The van der Waals surface area contributed by atoms with Crippen LogP contribution in [0.2, 0.25) is 0 Å². The largest absolute Gasteiger partial charge is 0.340 e. The Labute approximate surface area is 202 Å². The first kappa shape index (κ1) is 23.9. The Kier molecular flexibility index (Phi) is 5.75. The molecule has 35 heavy (non-hydrogen) atoms. The summed E-state index contributed by atoms with van der Waals surface area (Å²) in [5.74, 6) is -4.19. The van der Waals surface area contributed by atoms with E-state index in [2.05, 4.69) is 4.90 Å². The third-order valence-corrected chi connectivity index (χ3v) is 8.94. The predicted molar refractivity (Wildman–Crippen MR) is 127 cm³/mol. The smallest absolute Gasteiger partial charge is 0.326 e. The molecular formula is C24H27F3N4O3S. The molecule has 0 aromatic heterocycles. The van der Waals surface area contributed by atoms with Crippen molar-refractivity contribution in [1.82, 2.24) is 9.80 Å². The molecule has 1 saturated carbocycles. The van der Waals surface area contributed by atoms with Gasteiger partial charge in [-0.1, -0.05) is 24.3 Å². The second kappa shape index (κ2) is 8.41. The number of amides is 1. The summed E-state index contributed by atoms with van der Waals surface area (Å²) < 4.78 is 70.3. The molecule has 0 spiro atoms. The highest BCUT2D eigenvalue weighted by Crippen LogP contribution is 2.51. The highest BCUT2D eigenvalue weighted by Gasteiger charge is 2.59. The molecule has 2 aromatic carbocycles. The molecule has 2 fully saturated rings. The maximum Gasteiger partial charge on any atom is 0.326 e. The predicted octanol–water partition coefficient (Wildman–Crippen LogP) is 3.31. The number of carbonyl (C=O) groups excluding carboxylic acids is 1. The number of alkyl halides is 2. The van der Waals surface area contributed by atoms with E-state index in [0.717, 1.165) is 8.61 Å². The summed E-state index contributed by atoms with van der Waals surface area (Å²) in [5.41, 5.74) is 2.00. The molecule has 0 N–H and O–H groups in total. The van der Waals surface area contributed by atoms with Gasteiger partial charge >= 0.3 is 10.2 Å². The van der Waals surface area contributed by atoms with Crippen molar-refractivity contribution >= 4 is 27.5 Å². The van der Waals surface area contributed by atoms with Gasteiger partial charge in [-0.3, -0.25) is 18.3 Å². The summed E-state index contributed by atoms with van der Waals surface area (Å²) in [7, 11) is -2.60. The number of piperazine rings is 1. The molecule has 1 saturated heterocycles. The molecule has 11 heteroatoms.